The largest absolute Gasteiger partial charge is 0.123 e. The zero-order valence-corrected chi connectivity index (χ0v) is 9.19. The summed E-state index contributed by atoms with van der Waals surface area (Å²) in [6.07, 6.45) is 4.37. The maximum Gasteiger partial charge on any atom is 0.123 e. The van der Waals surface area contributed by atoms with Crippen molar-refractivity contribution in [2.75, 3.05) is 0 Å². The highest BCUT2D eigenvalue weighted by Gasteiger charge is 2.08. The Morgan fingerprint density at radius 3 is 2.36 bits per heavy atom. The highest BCUT2D eigenvalue weighted by atomic mass is 79.9. The fraction of sp³-hybridized carbons (Fsp3) is 0.778. The van der Waals surface area contributed by atoms with Crippen molar-refractivity contribution in [2.45, 2.75) is 33.6 Å². The number of halogens is 1. The summed E-state index contributed by atoms with van der Waals surface area (Å²) in [6.45, 7) is 6.74. The van der Waals surface area contributed by atoms with Crippen LogP contribution in [0.5, 0.6) is 0 Å². The second-order valence-corrected chi connectivity index (χ2v) is 4.15. The van der Waals surface area contributed by atoms with Gasteiger partial charge in [0.25, 0.3) is 0 Å². The highest BCUT2D eigenvalue weighted by molar-refractivity contribution is 9.12. The molecule has 0 aliphatic rings. The molecule has 2 heteroatoms. The Labute approximate surface area is 80.0 Å². The molecule has 11 heavy (non-hydrogen) atoms. The quantitative estimate of drug-likeness (QED) is 0.629. The van der Waals surface area contributed by atoms with Crippen LogP contribution in [0.4, 0.5) is 0 Å². The predicted molar refractivity (Wildman–Crippen MR) is 56.0 cm³/mol. The Bertz CT molecular complexity index is 126. The Morgan fingerprint density at radius 1 is 1.55 bits per heavy atom. The van der Waals surface area contributed by atoms with Crippen molar-refractivity contribution in [1.82, 2.24) is 0 Å². The van der Waals surface area contributed by atoms with E-state index in [4.69, 9.17) is 7.85 Å². The lowest BCUT2D eigenvalue weighted by molar-refractivity contribution is 0.377. The molecule has 0 aromatic heterocycles. The van der Waals surface area contributed by atoms with Gasteiger partial charge in [-0.3, -0.25) is 0 Å². The van der Waals surface area contributed by atoms with Crippen molar-refractivity contribution in [3.8, 4) is 0 Å². The molecular formula is C9H16BBr. The van der Waals surface area contributed by atoms with Crippen molar-refractivity contribution in [1.29, 1.82) is 0 Å². The van der Waals surface area contributed by atoms with Gasteiger partial charge in [0.1, 0.15) is 7.85 Å². The zero-order chi connectivity index (χ0) is 8.85. The molecule has 0 rings (SSSR count). The van der Waals surface area contributed by atoms with E-state index in [2.05, 4.69) is 36.7 Å². The van der Waals surface area contributed by atoms with Gasteiger partial charge in [-0.25, -0.2) is 0 Å². The van der Waals surface area contributed by atoms with Gasteiger partial charge in [-0.1, -0.05) is 53.6 Å². The monoisotopic (exact) mass is 214 g/mol. The normalized spacial score (nSPS) is 15.5. The van der Waals surface area contributed by atoms with Crippen LogP contribution in [-0.2, 0) is 0 Å². The molecule has 0 spiro atoms. The summed E-state index contributed by atoms with van der Waals surface area (Å²) in [5, 5.41) is 0. The van der Waals surface area contributed by atoms with E-state index < -0.39 is 0 Å². The molecule has 1 unspecified atom stereocenters. The first kappa shape index (κ1) is 11.3. The van der Waals surface area contributed by atoms with E-state index in [9.17, 15) is 0 Å². The Balaban J connectivity index is 3.79. The molecule has 0 aliphatic heterocycles. The predicted octanol–water partition coefficient (Wildman–Crippen LogP) is 3.46. The van der Waals surface area contributed by atoms with Crippen LogP contribution in [0, 0.1) is 11.8 Å². The van der Waals surface area contributed by atoms with Crippen LogP contribution < -0.4 is 0 Å². The van der Waals surface area contributed by atoms with Crippen LogP contribution in [0.15, 0.2) is 10.5 Å². The molecule has 0 heterocycles. The SMILES string of the molecule is [B]/C(Br)=C/CC(CC)C(C)C. The fourth-order valence-electron chi connectivity index (χ4n) is 1.17. The van der Waals surface area contributed by atoms with Crippen molar-refractivity contribution in [2.24, 2.45) is 11.8 Å². The van der Waals surface area contributed by atoms with Crippen molar-refractivity contribution < 1.29 is 0 Å². The summed E-state index contributed by atoms with van der Waals surface area (Å²) < 4.78 is 0.761. The highest BCUT2D eigenvalue weighted by Crippen LogP contribution is 2.20. The summed E-state index contributed by atoms with van der Waals surface area (Å²) in [6, 6.07) is 0. The summed E-state index contributed by atoms with van der Waals surface area (Å²) in [5.74, 6) is 1.52. The minimum Gasteiger partial charge on any atom is -0.0846 e. The lowest BCUT2D eigenvalue weighted by Crippen LogP contribution is -2.05. The molecule has 0 aromatic rings. The molecule has 0 fully saturated rings. The molecule has 0 bridgehead atoms. The second-order valence-electron chi connectivity index (χ2n) is 3.24. The van der Waals surface area contributed by atoms with Crippen LogP contribution >= 0.6 is 15.9 Å². The topological polar surface area (TPSA) is 0 Å². The molecule has 1 atom stereocenters. The van der Waals surface area contributed by atoms with Gasteiger partial charge in [0.05, 0.1) is 0 Å². The first-order valence-corrected chi connectivity index (χ1v) is 4.98. The van der Waals surface area contributed by atoms with Gasteiger partial charge < -0.3 is 0 Å². The van der Waals surface area contributed by atoms with Crippen LogP contribution in [0.3, 0.4) is 0 Å². The van der Waals surface area contributed by atoms with E-state index in [0.717, 1.165) is 22.6 Å². The average molecular weight is 215 g/mol. The Morgan fingerprint density at radius 2 is 2.09 bits per heavy atom. The van der Waals surface area contributed by atoms with E-state index in [0.29, 0.717) is 0 Å². The van der Waals surface area contributed by atoms with Gasteiger partial charge >= 0.3 is 0 Å². The number of hydrogen-bond acceptors (Lipinski definition) is 0. The maximum atomic E-state index is 5.47. The van der Waals surface area contributed by atoms with E-state index >= 15 is 0 Å². The summed E-state index contributed by atoms with van der Waals surface area (Å²) >= 11 is 3.22. The lowest BCUT2D eigenvalue weighted by atomic mass is 9.89. The van der Waals surface area contributed by atoms with E-state index in [1.165, 1.54) is 6.42 Å². The van der Waals surface area contributed by atoms with Crippen molar-refractivity contribution in [3.63, 3.8) is 0 Å². The van der Waals surface area contributed by atoms with Gasteiger partial charge in [0.2, 0.25) is 0 Å². The molecule has 0 N–H and O–H groups in total. The summed E-state index contributed by atoms with van der Waals surface area (Å²) in [5.41, 5.74) is 0. The Kier molecular flexibility index (Phi) is 6.03. The van der Waals surface area contributed by atoms with Gasteiger partial charge in [-0.2, -0.15) is 0 Å². The van der Waals surface area contributed by atoms with Crippen LogP contribution in [-0.4, -0.2) is 7.85 Å². The molecule has 2 radical (unpaired) electrons. The zero-order valence-electron chi connectivity index (χ0n) is 7.60. The average Bonchev–Trinajstić information content (AvgIpc) is 1.87. The van der Waals surface area contributed by atoms with Gasteiger partial charge in [-0.15, -0.1) is 0 Å². The Hall–Kier alpha value is 0.285. The van der Waals surface area contributed by atoms with Gasteiger partial charge in [0, 0.05) is 0 Å². The van der Waals surface area contributed by atoms with E-state index in [-0.39, 0.29) is 0 Å². The standard InChI is InChI=1S/C9H16BBr/c1-4-8(7(2)3)5-6-9(10)11/h6-8H,4-5H2,1-3H3/b9-6-. The maximum absolute atomic E-state index is 5.47. The first-order valence-electron chi connectivity index (χ1n) is 4.19. The minimum absolute atomic E-state index is 0.753. The van der Waals surface area contributed by atoms with E-state index in [1.54, 1.807) is 0 Å². The molecule has 0 amide bonds. The molecule has 0 saturated heterocycles. The number of rotatable bonds is 4. The van der Waals surface area contributed by atoms with Crippen molar-refractivity contribution >= 4 is 23.8 Å². The van der Waals surface area contributed by atoms with Gasteiger partial charge in [0.15, 0.2) is 0 Å². The molecule has 0 saturated carbocycles. The third kappa shape index (κ3) is 5.54. The first-order chi connectivity index (χ1) is 5.07. The minimum atomic E-state index is 0.753. The molecular weight excluding hydrogens is 199 g/mol. The van der Waals surface area contributed by atoms with Crippen LogP contribution in [0.25, 0.3) is 0 Å². The molecule has 0 aliphatic carbocycles. The second kappa shape index (κ2) is 5.88. The summed E-state index contributed by atoms with van der Waals surface area (Å²) in [7, 11) is 5.47. The molecule has 62 valence electrons. The summed E-state index contributed by atoms with van der Waals surface area (Å²) in [4.78, 5) is 0. The van der Waals surface area contributed by atoms with E-state index in [1.807, 2.05) is 6.08 Å². The van der Waals surface area contributed by atoms with Crippen LogP contribution in [0.1, 0.15) is 33.6 Å². The smallest absolute Gasteiger partial charge is 0.0846 e. The molecule has 0 aromatic carbocycles. The number of allylic oxidation sites excluding steroid dienone is 1. The third-order valence-corrected chi connectivity index (χ3v) is 2.41. The van der Waals surface area contributed by atoms with Crippen molar-refractivity contribution in [3.05, 3.63) is 10.5 Å². The lowest BCUT2D eigenvalue weighted by Gasteiger charge is -2.16. The third-order valence-electron chi connectivity index (χ3n) is 2.08. The fourth-order valence-corrected chi connectivity index (χ4v) is 1.36. The molecule has 0 nitrogen and oxygen atoms in total. The number of hydrogen-bond donors (Lipinski definition) is 0. The van der Waals surface area contributed by atoms with Gasteiger partial charge in [-0.05, 0) is 18.3 Å². The van der Waals surface area contributed by atoms with Crippen LogP contribution in [0.2, 0.25) is 0 Å².